The van der Waals surface area contributed by atoms with Gasteiger partial charge in [0.05, 0.1) is 22.2 Å². The molecule has 1 unspecified atom stereocenters. The van der Waals surface area contributed by atoms with Gasteiger partial charge in [-0.25, -0.2) is 0 Å². The minimum Gasteiger partial charge on any atom is -0.415 e. The average molecular weight is 360 g/mol. The number of hydrogen-bond acceptors (Lipinski definition) is 7. The first-order valence-electron chi connectivity index (χ1n) is 7.30. The second-order valence-electron chi connectivity index (χ2n) is 5.02. The number of hydrogen-bond donors (Lipinski definition) is 1. The lowest BCUT2D eigenvalue weighted by Crippen LogP contribution is -2.22. The molecule has 0 spiro atoms. The number of fused-ring (bicyclic) bond motifs is 1. The second-order valence-corrected chi connectivity index (χ2v) is 7.18. The molecule has 6 nitrogen and oxygen atoms in total. The van der Waals surface area contributed by atoms with Crippen LogP contribution in [0.3, 0.4) is 0 Å². The molecule has 0 radical (unpaired) electrons. The third-order valence-corrected chi connectivity index (χ3v) is 4.74. The number of carbonyl (C=O) groups excluding carboxylic acids is 1. The molecule has 3 rings (SSSR count). The summed E-state index contributed by atoms with van der Waals surface area (Å²) >= 11 is 2.85. The number of rotatable bonds is 6. The molecule has 0 aliphatic carbocycles. The lowest BCUT2D eigenvalue weighted by Gasteiger charge is -2.11. The maximum atomic E-state index is 12.4. The van der Waals surface area contributed by atoms with Gasteiger partial charge in [-0.05, 0) is 37.4 Å². The van der Waals surface area contributed by atoms with Crippen LogP contribution >= 0.6 is 23.5 Å². The van der Waals surface area contributed by atoms with E-state index < -0.39 is 0 Å². The fourth-order valence-corrected chi connectivity index (χ4v) is 3.18. The van der Waals surface area contributed by atoms with Crippen LogP contribution in [0.15, 0.2) is 46.2 Å². The second kappa shape index (κ2) is 7.67. The molecule has 2 aromatic heterocycles. The molecule has 1 aromatic carbocycles. The van der Waals surface area contributed by atoms with Crippen molar-refractivity contribution in [3.05, 3.63) is 42.4 Å². The minimum atomic E-state index is -0.362. The van der Waals surface area contributed by atoms with Crippen LogP contribution in [0, 0.1) is 0 Å². The summed E-state index contributed by atoms with van der Waals surface area (Å²) in [6.07, 6.45) is 3.69. The van der Waals surface area contributed by atoms with E-state index in [-0.39, 0.29) is 11.2 Å². The highest BCUT2D eigenvalue weighted by Gasteiger charge is 2.19. The predicted molar refractivity (Wildman–Crippen MR) is 97.2 cm³/mol. The zero-order valence-electron chi connectivity index (χ0n) is 13.2. The monoisotopic (exact) mass is 360 g/mol. The number of amides is 1. The molecule has 8 heteroatoms. The maximum absolute atomic E-state index is 12.4. The first-order valence-corrected chi connectivity index (χ1v) is 9.57. The number of nitrogens with zero attached hydrogens (tertiary/aromatic N) is 3. The van der Waals surface area contributed by atoms with Gasteiger partial charge < -0.3 is 9.73 Å². The van der Waals surface area contributed by atoms with Gasteiger partial charge in [-0.1, -0.05) is 17.8 Å². The maximum Gasteiger partial charge on any atom is 0.277 e. The Balaban J connectivity index is 1.69. The SMILES string of the molecule is CSCc1nnc(SC(C)C(=O)Nc2cccc3ncccc23)o1. The van der Waals surface area contributed by atoms with E-state index in [4.69, 9.17) is 4.42 Å². The quantitative estimate of drug-likeness (QED) is 0.673. The van der Waals surface area contributed by atoms with E-state index in [0.717, 1.165) is 16.6 Å². The summed E-state index contributed by atoms with van der Waals surface area (Å²) in [6.45, 7) is 1.81. The number of anilines is 1. The molecule has 24 heavy (non-hydrogen) atoms. The van der Waals surface area contributed by atoms with Crippen LogP contribution in [0.1, 0.15) is 12.8 Å². The summed E-state index contributed by atoms with van der Waals surface area (Å²) in [4.78, 5) is 16.7. The number of thioether (sulfide) groups is 2. The van der Waals surface area contributed by atoms with E-state index in [1.54, 1.807) is 18.0 Å². The van der Waals surface area contributed by atoms with E-state index in [2.05, 4.69) is 20.5 Å². The van der Waals surface area contributed by atoms with Crippen LogP contribution in [0.25, 0.3) is 10.9 Å². The zero-order valence-corrected chi connectivity index (χ0v) is 14.9. The van der Waals surface area contributed by atoms with Crippen molar-refractivity contribution in [3.63, 3.8) is 0 Å². The van der Waals surface area contributed by atoms with Crippen molar-refractivity contribution in [2.24, 2.45) is 0 Å². The number of benzene rings is 1. The van der Waals surface area contributed by atoms with E-state index in [0.29, 0.717) is 16.9 Å². The largest absolute Gasteiger partial charge is 0.415 e. The Bertz CT molecular complexity index is 847. The van der Waals surface area contributed by atoms with Crippen molar-refractivity contribution in [2.45, 2.75) is 23.1 Å². The summed E-state index contributed by atoms with van der Waals surface area (Å²) in [5.74, 6) is 1.11. The molecule has 0 aliphatic heterocycles. The lowest BCUT2D eigenvalue weighted by atomic mass is 10.2. The van der Waals surface area contributed by atoms with Crippen LogP contribution < -0.4 is 5.32 Å². The third kappa shape index (κ3) is 3.88. The van der Waals surface area contributed by atoms with Gasteiger partial charge >= 0.3 is 0 Å². The normalized spacial score (nSPS) is 12.2. The van der Waals surface area contributed by atoms with Crippen molar-refractivity contribution in [1.29, 1.82) is 0 Å². The van der Waals surface area contributed by atoms with Crippen LogP contribution in [-0.4, -0.2) is 32.6 Å². The molecule has 0 fully saturated rings. The Morgan fingerprint density at radius 3 is 3.00 bits per heavy atom. The van der Waals surface area contributed by atoms with Gasteiger partial charge in [0, 0.05) is 11.6 Å². The Hall–Kier alpha value is -2.06. The predicted octanol–water partition coefficient (Wildman–Crippen LogP) is 3.60. The Labute approximate surface area is 147 Å². The topological polar surface area (TPSA) is 80.9 Å². The highest BCUT2D eigenvalue weighted by atomic mass is 32.2. The van der Waals surface area contributed by atoms with Crippen molar-refractivity contribution >= 4 is 46.0 Å². The molecule has 0 saturated carbocycles. The average Bonchev–Trinajstić information content (AvgIpc) is 3.02. The summed E-state index contributed by atoms with van der Waals surface area (Å²) in [5.41, 5.74) is 1.58. The van der Waals surface area contributed by atoms with Crippen LogP contribution in [0.4, 0.5) is 5.69 Å². The summed E-state index contributed by atoms with van der Waals surface area (Å²) in [7, 11) is 0. The molecule has 1 amide bonds. The number of pyridine rings is 1. The number of carbonyl (C=O) groups is 1. The molecule has 1 atom stereocenters. The molecule has 0 saturated heterocycles. The van der Waals surface area contributed by atoms with Crippen LogP contribution in [0.5, 0.6) is 0 Å². The zero-order chi connectivity index (χ0) is 16.9. The summed E-state index contributed by atoms with van der Waals surface area (Å²) < 4.78 is 5.50. The number of aromatic nitrogens is 3. The smallest absolute Gasteiger partial charge is 0.277 e. The van der Waals surface area contributed by atoms with Crippen molar-refractivity contribution in [1.82, 2.24) is 15.2 Å². The van der Waals surface area contributed by atoms with Crippen molar-refractivity contribution < 1.29 is 9.21 Å². The standard InChI is InChI=1S/C16H16N4O2S2/c1-10(24-16-20-19-14(22-16)9-23-2)15(21)18-13-7-3-6-12-11(13)5-4-8-17-12/h3-8,10H,9H2,1-2H3,(H,18,21). The van der Waals surface area contributed by atoms with E-state index in [9.17, 15) is 4.79 Å². The lowest BCUT2D eigenvalue weighted by molar-refractivity contribution is -0.115. The first kappa shape index (κ1) is 16.8. The van der Waals surface area contributed by atoms with E-state index in [1.807, 2.05) is 43.5 Å². The fraction of sp³-hybridized carbons (Fsp3) is 0.250. The third-order valence-electron chi connectivity index (χ3n) is 3.27. The number of nitrogens with one attached hydrogen (secondary N) is 1. The van der Waals surface area contributed by atoms with Gasteiger partial charge in [-0.2, -0.15) is 11.8 Å². The van der Waals surface area contributed by atoms with Gasteiger partial charge in [0.25, 0.3) is 5.22 Å². The minimum absolute atomic E-state index is 0.124. The van der Waals surface area contributed by atoms with Gasteiger partial charge in [0.15, 0.2) is 0 Å². The van der Waals surface area contributed by atoms with Gasteiger partial charge in [-0.3, -0.25) is 9.78 Å². The molecule has 124 valence electrons. The van der Waals surface area contributed by atoms with Gasteiger partial charge in [0.2, 0.25) is 11.8 Å². The van der Waals surface area contributed by atoms with Crippen molar-refractivity contribution in [3.8, 4) is 0 Å². The molecular weight excluding hydrogens is 344 g/mol. The molecular formula is C16H16N4O2S2. The highest BCUT2D eigenvalue weighted by Crippen LogP contribution is 2.26. The van der Waals surface area contributed by atoms with Crippen LogP contribution in [0.2, 0.25) is 0 Å². The van der Waals surface area contributed by atoms with E-state index in [1.165, 1.54) is 11.8 Å². The van der Waals surface area contributed by atoms with Crippen molar-refractivity contribution in [2.75, 3.05) is 11.6 Å². The fourth-order valence-electron chi connectivity index (χ4n) is 2.12. The first-order chi connectivity index (χ1) is 11.7. The Kier molecular flexibility index (Phi) is 5.37. The Morgan fingerprint density at radius 2 is 2.17 bits per heavy atom. The molecule has 3 aromatic rings. The molecule has 0 bridgehead atoms. The molecule has 1 N–H and O–H groups in total. The summed E-state index contributed by atoms with van der Waals surface area (Å²) in [5, 5.41) is 11.8. The summed E-state index contributed by atoms with van der Waals surface area (Å²) in [6, 6.07) is 9.43. The molecule has 0 aliphatic rings. The van der Waals surface area contributed by atoms with E-state index >= 15 is 0 Å². The Morgan fingerprint density at radius 1 is 1.29 bits per heavy atom. The van der Waals surface area contributed by atoms with Crippen LogP contribution in [-0.2, 0) is 10.5 Å². The highest BCUT2D eigenvalue weighted by molar-refractivity contribution is 8.00. The molecule has 2 heterocycles. The van der Waals surface area contributed by atoms with Gasteiger partial charge in [0.1, 0.15) is 0 Å². The van der Waals surface area contributed by atoms with Gasteiger partial charge in [-0.15, -0.1) is 10.2 Å².